The minimum absolute atomic E-state index is 0.0390. The number of carboxylic acids is 2. The molecule has 0 radical (unpaired) electrons. The van der Waals surface area contributed by atoms with Crippen LogP contribution in [0, 0.1) is 5.92 Å². The van der Waals surface area contributed by atoms with Crippen LogP contribution < -0.4 is 14.4 Å². The van der Waals surface area contributed by atoms with Crippen molar-refractivity contribution in [1.29, 1.82) is 0 Å². The summed E-state index contributed by atoms with van der Waals surface area (Å²) in [5, 5.41) is 18.6. The number of anilines is 1. The van der Waals surface area contributed by atoms with Crippen LogP contribution in [0.4, 0.5) is 10.5 Å². The van der Waals surface area contributed by atoms with Gasteiger partial charge in [0.2, 0.25) is 0 Å². The number of hydrogen-bond donors (Lipinski definition) is 2. The molecule has 1 aliphatic carbocycles. The summed E-state index contributed by atoms with van der Waals surface area (Å²) in [6.07, 6.45) is 5.05. The van der Waals surface area contributed by atoms with Crippen LogP contribution in [0.5, 0.6) is 11.5 Å². The highest BCUT2D eigenvalue weighted by Gasteiger charge is 2.27. The number of rotatable bonds is 9. The van der Waals surface area contributed by atoms with Crippen LogP contribution in [0.1, 0.15) is 41.8 Å². The number of carbonyl (C=O) groups is 3. The van der Waals surface area contributed by atoms with Crippen LogP contribution in [-0.4, -0.2) is 41.4 Å². The zero-order chi connectivity index (χ0) is 26.4. The largest absolute Gasteiger partial charge is 0.479 e. The predicted octanol–water partition coefficient (Wildman–Crippen LogP) is 6.92. The molecular formula is C27H26BrNO7S. The maximum absolute atomic E-state index is 13.3. The van der Waals surface area contributed by atoms with Gasteiger partial charge in [-0.3, -0.25) is 4.90 Å². The molecule has 10 heteroatoms. The Morgan fingerprint density at radius 3 is 2.41 bits per heavy atom. The van der Waals surface area contributed by atoms with E-state index in [0.29, 0.717) is 38.8 Å². The van der Waals surface area contributed by atoms with Crippen molar-refractivity contribution >= 4 is 51.0 Å². The normalized spacial score (nSPS) is 13.6. The highest BCUT2D eigenvalue weighted by molar-refractivity contribution is 9.10. The van der Waals surface area contributed by atoms with Crippen molar-refractivity contribution in [3.05, 3.63) is 63.9 Å². The molecule has 1 fully saturated rings. The van der Waals surface area contributed by atoms with Gasteiger partial charge in [-0.15, -0.1) is 11.3 Å². The van der Waals surface area contributed by atoms with Crippen molar-refractivity contribution in [2.45, 2.75) is 32.1 Å². The van der Waals surface area contributed by atoms with E-state index < -0.39 is 24.6 Å². The molecule has 8 nitrogen and oxygen atoms in total. The van der Waals surface area contributed by atoms with Gasteiger partial charge in [-0.2, -0.15) is 0 Å². The first kappa shape index (κ1) is 26.7. The average molecular weight is 588 g/mol. The van der Waals surface area contributed by atoms with E-state index in [0.717, 1.165) is 37.0 Å². The molecule has 1 amide bonds. The summed E-state index contributed by atoms with van der Waals surface area (Å²) >= 11 is 4.36. The lowest BCUT2D eigenvalue weighted by molar-refractivity contribution is -0.139. The first-order valence-corrected chi connectivity index (χ1v) is 13.5. The number of carboxylic acid groups (broad SMARTS) is 2. The van der Waals surface area contributed by atoms with Gasteiger partial charge in [0, 0.05) is 12.2 Å². The fraction of sp³-hybridized carbons (Fsp3) is 0.296. The Bertz CT molecular complexity index is 1270. The summed E-state index contributed by atoms with van der Waals surface area (Å²) in [7, 11) is 0. The van der Waals surface area contributed by atoms with Gasteiger partial charge < -0.3 is 19.7 Å². The number of ether oxygens (including phenoxy) is 2. The Labute approximate surface area is 226 Å². The number of aliphatic carboxylic acids is 1. The summed E-state index contributed by atoms with van der Waals surface area (Å²) in [6.45, 7) is -0.163. The number of thiophene rings is 1. The maximum Gasteiger partial charge on any atom is 0.419 e. The van der Waals surface area contributed by atoms with Crippen LogP contribution >= 0.6 is 27.3 Å². The number of amides is 1. The molecule has 2 aromatic carbocycles. The molecule has 37 heavy (non-hydrogen) atoms. The molecular weight excluding hydrogens is 562 g/mol. The van der Waals surface area contributed by atoms with Crippen molar-refractivity contribution in [3.63, 3.8) is 0 Å². The highest BCUT2D eigenvalue weighted by atomic mass is 79.9. The molecule has 0 aliphatic heterocycles. The van der Waals surface area contributed by atoms with Crippen molar-refractivity contribution < 1.29 is 34.1 Å². The quantitative estimate of drug-likeness (QED) is 0.279. The van der Waals surface area contributed by atoms with E-state index in [1.54, 1.807) is 47.4 Å². The van der Waals surface area contributed by atoms with E-state index in [1.165, 1.54) is 6.42 Å². The summed E-state index contributed by atoms with van der Waals surface area (Å²) in [4.78, 5) is 38.2. The maximum atomic E-state index is 13.3. The van der Waals surface area contributed by atoms with E-state index in [1.807, 2.05) is 12.1 Å². The number of carbonyl (C=O) groups excluding carboxylic acids is 1. The van der Waals surface area contributed by atoms with Gasteiger partial charge in [0.05, 0.1) is 9.35 Å². The fourth-order valence-electron chi connectivity index (χ4n) is 4.36. The van der Waals surface area contributed by atoms with Crippen molar-refractivity contribution in [2.24, 2.45) is 5.92 Å². The molecule has 194 valence electrons. The summed E-state index contributed by atoms with van der Waals surface area (Å²) < 4.78 is 11.3. The molecule has 0 saturated heterocycles. The zero-order valence-electron chi connectivity index (χ0n) is 19.9. The predicted molar refractivity (Wildman–Crippen MR) is 144 cm³/mol. The molecule has 2 N–H and O–H groups in total. The minimum Gasteiger partial charge on any atom is -0.479 e. The fourth-order valence-corrected chi connectivity index (χ4v) is 6.25. The van der Waals surface area contributed by atoms with Crippen LogP contribution in [0.2, 0.25) is 0 Å². The monoisotopic (exact) mass is 587 g/mol. The van der Waals surface area contributed by atoms with Gasteiger partial charge in [-0.05, 0) is 64.5 Å². The molecule has 3 aromatic rings. The first-order chi connectivity index (χ1) is 17.8. The number of halogens is 1. The van der Waals surface area contributed by atoms with Gasteiger partial charge in [0.1, 0.15) is 5.75 Å². The van der Waals surface area contributed by atoms with E-state index in [2.05, 4.69) is 15.9 Å². The minimum atomic E-state index is -1.22. The number of para-hydroxylation sites is 1. The number of hydrogen-bond acceptors (Lipinski definition) is 6. The zero-order valence-corrected chi connectivity index (χ0v) is 22.3. The third-order valence-corrected chi connectivity index (χ3v) is 8.32. The van der Waals surface area contributed by atoms with E-state index >= 15 is 0 Å². The molecule has 1 heterocycles. The van der Waals surface area contributed by atoms with Crippen LogP contribution in [0.15, 0.2) is 59.1 Å². The third kappa shape index (κ3) is 6.69. The Hall–Kier alpha value is -3.37. The van der Waals surface area contributed by atoms with Crippen molar-refractivity contribution in [1.82, 2.24) is 0 Å². The molecule has 0 unspecified atom stereocenters. The van der Waals surface area contributed by atoms with Crippen LogP contribution in [0.3, 0.4) is 0 Å². The van der Waals surface area contributed by atoms with Gasteiger partial charge in [-0.25, -0.2) is 14.4 Å². The SMILES string of the molecule is O=C(O)COc1c(C(=O)O)sc(-c2cccc(N(CC3CCCCC3)C(=O)Oc3ccccc3)c2)c1Br. The Balaban J connectivity index is 1.68. The van der Waals surface area contributed by atoms with Gasteiger partial charge in [0.25, 0.3) is 0 Å². The lowest BCUT2D eigenvalue weighted by atomic mass is 9.89. The van der Waals surface area contributed by atoms with E-state index in [4.69, 9.17) is 14.6 Å². The first-order valence-electron chi connectivity index (χ1n) is 11.9. The number of benzene rings is 2. The second kappa shape index (κ2) is 12.2. The standard InChI is InChI=1S/C27H26BrNO7S/c28-22-23(35-16-21(30)31)25(26(32)33)37-24(22)18-10-7-11-19(14-18)29(15-17-8-3-1-4-9-17)27(34)36-20-12-5-2-6-13-20/h2,5-7,10-14,17H,1,3-4,8-9,15-16H2,(H,30,31)(H,32,33). The average Bonchev–Trinajstić information content (AvgIpc) is 3.23. The molecule has 0 spiro atoms. The van der Waals surface area contributed by atoms with Gasteiger partial charge in [-0.1, -0.05) is 49.6 Å². The summed E-state index contributed by atoms with van der Waals surface area (Å²) in [5.74, 6) is -1.68. The smallest absolute Gasteiger partial charge is 0.419 e. The number of aromatic carboxylic acids is 1. The summed E-state index contributed by atoms with van der Waals surface area (Å²) in [6, 6.07) is 16.1. The Morgan fingerprint density at radius 2 is 1.73 bits per heavy atom. The van der Waals surface area contributed by atoms with Crippen molar-refractivity contribution in [2.75, 3.05) is 18.1 Å². The van der Waals surface area contributed by atoms with Crippen LogP contribution in [0.25, 0.3) is 10.4 Å². The molecule has 0 atom stereocenters. The van der Waals surface area contributed by atoms with Gasteiger partial charge >= 0.3 is 18.0 Å². The van der Waals surface area contributed by atoms with E-state index in [9.17, 15) is 19.5 Å². The molecule has 0 bridgehead atoms. The van der Waals surface area contributed by atoms with Gasteiger partial charge in [0.15, 0.2) is 17.2 Å². The topological polar surface area (TPSA) is 113 Å². The Kier molecular flexibility index (Phi) is 8.83. The summed E-state index contributed by atoms with van der Waals surface area (Å²) in [5.41, 5.74) is 1.28. The lowest BCUT2D eigenvalue weighted by Gasteiger charge is -2.29. The third-order valence-electron chi connectivity index (χ3n) is 6.10. The van der Waals surface area contributed by atoms with E-state index in [-0.39, 0.29) is 10.6 Å². The second-order valence-electron chi connectivity index (χ2n) is 8.74. The molecule has 1 aliphatic rings. The molecule has 1 aromatic heterocycles. The number of nitrogens with zero attached hydrogens (tertiary/aromatic N) is 1. The lowest BCUT2D eigenvalue weighted by Crippen LogP contribution is -2.38. The molecule has 4 rings (SSSR count). The second-order valence-corrected chi connectivity index (χ2v) is 10.6. The van der Waals surface area contributed by atoms with Crippen molar-refractivity contribution in [3.8, 4) is 21.9 Å². The Morgan fingerprint density at radius 1 is 1.00 bits per heavy atom. The van der Waals surface area contributed by atoms with Crippen LogP contribution in [-0.2, 0) is 4.79 Å². The molecule has 1 saturated carbocycles. The highest BCUT2D eigenvalue weighted by Crippen LogP contribution is 2.46.